The zero-order chi connectivity index (χ0) is 12.8. The Morgan fingerprint density at radius 1 is 1.39 bits per heavy atom. The molecule has 0 saturated carbocycles. The lowest BCUT2D eigenvalue weighted by Crippen LogP contribution is -2.49. The van der Waals surface area contributed by atoms with Crippen molar-refractivity contribution in [3.63, 3.8) is 0 Å². The first-order valence-corrected chi connectivity index (χ1v) is 8.22. The van der Waals surface area contributed by atoms with Gasteiger partial charge in [0.05, 0.1) is 0 Å². The molecule has 2 atom stereocenters. The third-order valence-electron chi connectivity index (χ3n) is 3.85. The summed E-state index contributed by atoms with van der Waals surface area (Å²) in [5.74, 6) is 0.822. The van der Waals surface area contributed by atoms with E-state index in [1.54, 1.807) is 0 Å². The third-order valence-corrected chi connectivity index (χ3v) is 4.58. The van der Waals surface area contributed by atoms with Crippen LogP contribution in [0.2, 0.25) is 0 Å². The molecule has 102 valence electrons. The van der Waals surface area contributed by atoms with E-state index in [1.165, 1.54) is 44.5 Å². The molecule has 1 aliphatic heterocycles. The van der Waals surface area contributed by atoms with Gasteiger partial charge in [-0.1, -0.05) is 13.8 Å². The summed E-state index contributed by atoms with van der Waals surface area (Å²) in [6.45, 7) is 9.38. The van der Waals surface area contributed by atoms with Crippen LogP contribution in [0.4, 0.5) is 0 Å². The lowest BCUT2D eigenvalue weighted by atomic mass is 9.89. The van der Waals surface area contributed by atoms with Crippen molar-refractivity contribution in [3.8, 4) is 0 Å². The van der Waals surface area contributed by atoms with E-state index >= 15 is 0 Å². The van der Waals surface area contributed by atoms with Gasteiger partial charge in [-0.25, -0.2) is 0 Å². The van der Waals surface area contributed by atoms with Gasteiger partial charge in [0.2, 0.25) is 0 Å². The van der Waals surface area contributed by atoms with Gasteiger partial charge in [-0.3, -0.25) is 0 Å². The molecule has 0 aromatic carbocycles. The molecular formula is C15H26N2S. The Labute approximate surface area is 115 Å². The first kappa shape index (κ1) is 14.0. The van der Waals surface area contributed by atoms with E-state index in [2.05, 4.69) is 40.9 Å². The molecule has 1 aromatic heterocycles. The highest BCUT2D eigenvalue weighted by molar-refractivity contribution is 7.07. The van der Waals surface area contributed by atoms with Crippen molar-refractivity contribution in [3.05, 3.63) is 22.4 Å². The number of hydrogen-bond acceptors (Lipinski definition) is 3. The first-order valence-electron chi connectivity index (χ1n) is 7.28. The number of likely N-dealkylation sites (N-methyl/N-ethyl adjacent to an activating group) is 1. The van der Waals surface area contributed by atoms with E-state index < -0.39 is 0 Å². The van der Waals surface area contributed by atoms with Crippen LogP contribution in [-0.4, -0.2) is 37.1 Å². The van der Waals surface area contributed by atoms with Gasteiger partial charge in [-0.05, 0) is 60.7 Å². The summed E-state index contributed by atoms with van der Waals surface area (Å²) in [5, 5.41) is 8.21. The number of likely N-dealkylation sites (tertiary alicyclic amines) is 1. The molecule has 0 aliphatic carbocycles. The Morgan fingerprint density at radius 2 is 2.28 bits per heavy atom. The van der Waals surface area contributed by atoms with E-state index in [0.29, 0.717) is 6.04 Å². The molecular weight excluding hydrogens is 240 g/mol. The lowest BCUT2D eigenvalue weighted by Gasteiger charge is -2.37. The van der Waals surface area contributed by atoms with Gasteiger partial charge in [-0.15, -0.1) is 0 Å². The molecule has 0 radical (unpaired) electrons. The molecule has 1 aliphatic rings. The normalized spacial score (nSPS) is 25.4. The minimum atomic E-state index is 0.697. The molecule has 0 spiro atoms. The van der Waals surface area contributed by atoms with Gasteiger partial charge in [-0.2, -0.15) is 11.3 Å². The number of rotatable bonds is 6. The van der Waals surface area contributed by atoms with Gasteiger partial charge in [0.25, 0.3) is 0 Å². The number of nitrogens with zero attached hydrogens (tertiary/aromatic N) is 1. The van der Waals surface area contributed by atoms with Gasteiger partial charge < -0.3 is 10.2 Å². The van der Waals surface area contributed by atoms with Crippen LogP contribution in [0.25, 0.3) is 0 Å². The lowest BCUT2D eigenvalue weighted by molar-refractivity contribution is 0.147. The Morgan fingerprint density at radius 3 is 2.94 bits per heavy atom. The van der Waals surface area contributed by atoms with E-state index in [4.69, 9.17) is 0 Å². The van der Waals surface area contributed by atoms with E-state index in [-0.39, 0.29) is 0 Å². The summed E-state index contributed by atoms with van der Waals surface area (Å²) in [5.41, 5.74) is 1.53. The summed E-state index contributed by atoms with van der Waals surface area (Å²) in [7, 11) is 0. The van der Waals surface area contributed by atoms with Gasteiger partial charge in [0, 0.05) is 19.1 Å². The van der Waals surface area contributed by atoms with Crippen LogP contribution >= 0.6 is 11.3 Å². The highest BCUT2D eigenvalue weighted by atomic mass is 32.1. The highest BCUT2D eigenvalue weighted by Gasteiger charge is 2.26. The molecule has 2 rings (SSSR count). The van der Waals surface area contributed by atoms with Crippen LogP contribution in [0.3, 0.4) is 0 Å². The predicted octanol–water partition coefficient (Wildman–Crippen LogP) is 3.00. The molecule has 0 amide bonds. The van der Waals surface area contributed by atoms with Crippen molar-refractivity contribution in [2.45, 2.75) is 39.2 Å². The van der Waals surface area contributed by atoms with Crippen molar-refractivity contribution in [1.82, 2.24) is 10.2 Å². The average molecular weight is 266 g/mol. The second-order valence-electron chi connectivity index (χ2n) is 5.44. The van der Waals surface area contributed by atoms with Crippen molar-refractivity contribution in [1.29, 1.82) is 0 Å². The Hall–Kier alpha value is -0.380. The maximum absolute atomic E-state index is 3.71. The number of thiophene rings is 1. The van der Waals surface area contributed by atoms with Gasteiger partial charge in [0.15, 0.2) is 0 Å². The minimum Gasteiger partial charge on any atom is -0.313 e. The third kappa shape index (κ3) is 4.08. The van der Waals surface area contributed by atoms with Crippen molar-refractivity contribution in [2.24, 2.45) is 5.92 Å². The fraction of sp³-hybridized carbons (Fsp3) is 0.733. The summed E-state index contributed by atoms with van der Waals surface area (Å²) < 4.78 is 0. The largest absolute Gasteiger partial charge is 0.313 e. The SMILES string of the molecule is CCCNC1CC(Cc2ccsc2)CN(CC)C1. The van der Waals surface area contributed by atoms with Gasteiger partial charge >= 0.3 is 0 Å². The molecule has 18 heavy (non-hydrogen) atoms. The summed E-state index contributed by atoms with van der Waals surface area (Å²) in [4.78, 5) is 2.61. The molecule has 0 bridgehead atoms. The molecule has 2 unspecified atom stereocenters. The zero-order valence-corrected chi connectivity index (χ0v) is 12.5. The molecule has 1 fully saturated rings. The van der Waals surface area contributed by atoms with Crippen LogP contribution < -0.4 is 5.32 Å². The molecule has 1 N–H and O–H groups in total. The second-order valence-corrected chi connectivity index (χ2v) is 6.22. The predicted molar refractivity (Wildman–Crippen MR) is 80.3 cm³/mol. The first-order chi connectivity index (χ1) is 8.81. The van der Waals surface area contributed by atoms with Crippen molar-refractivity contribution in [2.75, 3.05) is 26.2 Å². The summed E-state index contributed by atoms with van der Waals surface area (Å²) >= 11 is 1.82. The van der Waals surface area contributed by atoms with Gasteiger partial charge in [0.1, 0.15) is 0 Å². The molecule has 1 aromatic rings. The van der Waals surface area contributed by atoms with Crippen LogP contribution in [0, 0.1) is 5.92 Å². The van der Waals surface area contributed by atoms with E-state index in [9.17, 15) is 0 Å². The smallest absolute Gasteiger partial charge is 0.0198 e. The molecule has 2 heterocycles. The quantitative estimate of drug-likeness (QED) is 0.851. The molecule has 1 saturated heterocycles. The summed E-state index contributed by atoms with van der Waals surface area (Å²) in [6.07, 6.45) is 3.83. The fourth-order valence-electron chi connectivity index (χ4n) is 2.95. The van der Waals surface area contributed by atoms with Crippen molar-refractivity contribution >= 4 is 11.3 Å². The number of piperidine rings is 1. The van der Waals surface area contributed by atoms with Crippen LogP contribution in [-0.2, 0) is 6.42 Å². The molecule has 2 nitrogen and oxygen atoms in total. The zero-order valence-electron chi connectivity index (χ0n) is 11.7. The van der Waals surface area contributed by atoms with Crippen molar-refractivity contribution < 1.29 is 0 Å². The molecule has 3 heteroatoms. The summed E-state index contributed by atoms with van der Waals surface area (Å²) in [6, 6.07) is 2.98. The Bertz CT molecular complexity index is 323. The topological polar surface area (TPSA) is 15.3 Å². The van der Waals surface area contributed by atoms with Crippen LogP contribution in [0.5, 0.6) is 0 Å². The standard InChI is InChI=1S/C15H26N2S/c1-3-6-16-15-9-14(10-17(4-2)11-15)8-13-5-7-18-12-13/h5,7,12,14-16H,3-4,6,8-11H2,1-2H3. The monoisotopic (exact) mass is 266 g/mol. The van der Waals surface area contributed by atoms with Crippen LogP contribution in [0.15, 0.2) is 16.8 Å². The number of nitrogens with one attached hydrogen (secondary N) is 1. The highest BCUT2D eigenvalue weighted by Crippen LogP contribution is 2.22. The maximum Gasteiger partial charge on any atom is 0.0198 e. The number of hydrogen-bond donors (Lipinski definition) is 1. The Kier molecular flexibility index (Phi) is 5.67. The van der Waals surface area contributed by atoms with Crippen LogP contribution in [0.1, 0.15) is 32.3 Å². The minimum absolute atomic E-state index is 0.697. The van der Waals surface area contributed by atoms with E-state index in [0.717, 1.165) is 12.5 Å². The second kappa shape index (κ2) is 7.27. The maximum atomic E-state index is 3.71. The Balaban J connectivity index is 1.88. The van der Waals surface area contributed by atoms with E-state index in [1.807, 2.05) is 11.3 Å². The fourth-order valence-corrected chi connectivity index (χ4v) is 3.63. The average Bonchev–Trinajstić information content (AvgIpc) is 2.89.